The highest BCUT2D eigenvalue weighted by Crippen LogP contribution is 2.43. The maximum Gasteiger partial charge on any atom is 0.318 e. The van der Waals surface area contributed by atoms with Crippen LogP contribution in [0.2, 0.25) is 0 Å². The Bertz CT molecular complexity index is 1500. The maximum absolute atomic E-state index is 15.1. The predicted molar refractivity (Wildman–Crippen MR) is 163 cm³/mol. The third-order valence-corrected chi connectivity index (χ3v) is 8.06. The first-order valence-corrected chi connectivity index (χ1v) is 14.9. The van der Waals surface area contributed by atoms with Crippen LogP contribution >= 0.6 is 0 Å². The van der Waals surface area contributed by atoms with Gasteiger partial charge in [-0.2, -0.15) is 0 Å². The SMILES string of the molecule is CNC(=O)CC(C)(C)[C@H](c1nc(-c2cc(F)ccc2F)cn1Cc1cccc(O)c1)N(CC1CNC[C@@H]1F)C(=O)N[C@H](C)CO. The van der Waals surface area contributed by atoms with E-state index in [2.05, 4.69) is 16.0 Å². The van der Waals surface area contributed by atoms with Crippen molar-refractivity contribution in [3.8, 4) is 17.0 Å². The largest absolute Gasteiger partial charge is 0.508 e. The van der Waals surface area contributed by atoms with Crippen LogP contribution in [-0.4, -0.2) is 82.1 Å². The number of carbonyl (C=O) groups is 2. The molecule has 3 aromatic rings. The minimum Gasteiger partial charge on any atom is -0.508 e. The molecule has 244 valence electrons. The number of benzene rings is 2. The van der Waals surface area contributed by atoms with E-state index in [0.717, 1.165) is 18.2 Å². The highest BCUT2D eigenvalue weighted by molar-refractivity contribution is 5.77. The first kappa shape index (κ1) is 33.8. The van der Waals surface area contributed by atoms with Gasteiger partial charge in [-0.3, -0.25) is 4.79 Å². The van der Waals surface area contributed by atoms with Crippen LogP contribution in [-0.2, 0) is 11.3 Å². The fraction of sp³-hybridized carbons (Fsp3) is 0.469. The standard InChI is InChI=1S/C32H41F3N6O4/c1-19(18-42)38-31(45)41(16-21-13-37-14-26(21)35)29(32(2,3)12-28(44)36-4)30-39-27(24-11-22(33)8-9-25(24)34)17-40(30)15-20-6-5-7-23(43)10-20/h5-11,17,19,21,26,29,37,42-43H,12-16,18H2,1-4H3,(H,36,44)(H,38,45)/t19-,21?,26+,29+/m1/s1. The van der Waals surface area contributed by atoms with Crippen molar-refractivity contribution in [2.45, 2.75) is 52.0 Å². The molecular formula is C32H41F3N6O4. The number of carbonyl (C=O) groups excluding carboxylic acids is 2. The zero-order valence-corrected chi connectivity index (χ0v) is 25.9. The average Bonchev–Trinajstić information content (AvgIpc) is 3.58. The van der Waals surface area contributed by atoms with Crippen LogP contribution in [0.25, 0.3) is 11.3 Å². The summed E-state index contributed by atoms with van der Waals surface area (Å²) < 4.78 is 46.1. The lowest BCUT2D eigenvalue weighted by molar-refractivity contribution is -0.123. The smallest absolute Gasteiger partial charge is 0.318 e. The molecule has 4 rings (SSSR count). The third-order valence-electron chi connectivity index (χ3n) is 8.06. The summed E-state index contributed by atoms with van der Waals surface area (Å²) in [7, 11) is 1.49. The number of alkyl halides is 1. The average molecular weight is 631 g/mol. The summed E-state index contributed by atoms with van der Waals surface area (Å²) in [5.74, 6) is -2.04. The number of phenolic OH excluding ortho intramolecular Hbond substituents is 1. The molecule has 0 bridgehead atoms. The Balaban J connectivity index is 1.95. The lowest BCUT2D eigenvalue weighted by atomic mass is 9.79. The zero-order valence-electron chi connectivity index (χ0n) is 25.9. The summed E-state index contributed by atoms with van der Waals surface area (Å²) in [6.07, 6.45) is 0.210. The van der Waals surface area contributed by atoms with Gasteiger partial charge >= 0.3 is 6.03 Å². The van der Waals surface area contributed by atoms with Crippen molar-refractivity contribution in [1.29, 1.82) is 0 Å². The number of hydrogen-bond acceptors (Lipinski definition) is 6. The fourth-order valence-electron chi connectivity index (χ4n) is 5.74. The van der Waals surface area contributed by atoms with Crippen molar-refractivity contribution in [1.82, 2.24) is 30.4 Å². The third kappa shape index (κ3) is 8.14. The van der Waals surface area contributed by atoms with Gasteiger partial charge in [0.15, 0.2) is 0 Å². The first-order chi connectivity index (χ1) is 21.3. The second kappa shape index (κ2) is 14.3. The number of imidazole rings is 1. The van der Waals surface area contributed by atoms with Crippen LogP contribution in [0.3, 0.4) is 0 Å². The normalized spacial score (nSPS) is 18.0. The molecule has 1 saturated heterocycles. The maximum atomic E-state index is 15.1. The Labute approximate surface area is 260 Å². The number of aliphatic hydroxyl groups excluding tert-OH is 1. The number of halogens is 3. The highest BCUT2D eigenvalue weighted by atomic mass is 19.1. The number of aromatic hydroxyl groups is 1. The van der Waals surface area contributed by atoms with Crippen LogP contribution in [0.4, 0.5) is 18.0 Å². The predicted octanol–water partition coefficient (Wildman–Crippen LogP) is 3.74. The van der Waals surface area contributed by atoms with Crippen molar-refractivity contribution in [3.05, 3.63) is 71.7 Å². The fourth-order valence-corrected chi connectivity index (χ4v) is 5.74. The van der Waals surface area contributed by atoms with Crippen LogP contribution in [0.1, 0.15) is 44.6 Å². The van der Waals surface area contributed by atoms with Crippen LogP contribution in [0.5, 0.6) is 5.75 Å². The Morgan fingerprint density at radius 1 is 1.20 bits per heavy atom. The highest BCUT2D eigenvalue weighted by Gasteiger charge is 2.44. The molecule has 2 heterocycles. The van der Waals surface area contributed by atoms with Gasteiger partial charge in [-0.05, 0) is 42.8 Å². The topological polar surface area (TPSA) is 132 Å². The molecule has 1 aliphatic rings. The zero-order chi connectivity index (χ0) is 32.9. The molecule has 45 heavy (non-hydrogen) atoms. The van der Waals surface area contributed by atoms with E-state index in [1.165, 1.54) is 24.2 Å². The van der Waals surface area contributed by atoms with Crippen molar-refractivity contribution < 1.29 is 33.0 Å². The molecule has 1 unspecified atom stereocenters. The molecule has 3 amide bonds. The number of rotatable bonds is 12. The van der Waals surface area contributed by atoms with Gasteiger partial charge in [0.25, 0.3) is 0 Å². The summed E-state index contributed by atoms with van der Waals surface area (Å²) in [6, 6.07) is 7.23. The van der Waals surface area contributed by atoms with E-state index in [9.17, 15) is 24.2 Å². The molecule has 1 fully saturated rings. The van der Waals surface area contributed by atoms with Gasteiger partial charge in [0.05, 0.1) is 24.4 Å². The molecule has 1 aliphatic heterocycles. The number of aliphatic hydroxyl groups is 1. The number of nitrogens with zero attached hydrogens (tertiary/aromatic N) is 3. The summed E-state index contributed by atoms with van der Waals surface area (Å²) in [5.41, 5.74) is -0.422. The lowest BCUT2D eigenvalue weighted by Gasteiger charge is -2.43. The van der Waals surface area contributed by atoms with E-state index >= 15 is 8.78 Å². The summed E-state index contributed by atoms with van der Waals surface area (Å²) in [6.45, 7) is 5.29. The van der Waals surface area contributed by atoms with Gasteiger partial charge in [0.1, 0.15) is 29.4 Å². The van der Waals surface area contributed by atoms with E-state index in [0.29, 0.717) is 12.1 Å². The summed E-state index contributed by atoms with van der Waals surface area (Å²) in [4.78, 5) is 33.0. The minimum atomic E-state index is -1.25. The van der Waals surface area contributed by atoms with E-state index in [1.54, 1.807) is 43.5 Å². The number of nitrogens with one attached hydrogen (secondary N) is 3. The Morgan fingerprint density at radius 2 is 1.96 bits per heavy atom. The number of aromatic nitrogens is 2. The van der Waals surface area contributed by atoms with Gasteiger partial charge in [0, 0.05) is 62.7 Å². The molecule has 13 heteroatoms. The Morgan fingerprint density at radius 3 is 2.60 bits per heavy atom. The number of phenols is 1. The molecule has 2 aromatic carbocycles. The Hall–Kier alpha value is -4.10. The van der Waals surface area contributed by atoms with E-state index in [1.807, 2.05) is 0 Å². The molecule has 0 spiro atoms. The monoisotopic (exact) mass is 630 g/mol. The number of hydrogen-bond donors (Lipinski definition) is 5. The second-order valence-corrected chi connectivity index (χ2v) is 12.3. The van der Waals surface area contributed by atoms with Gasteiger partial charge in [0.2, 0.25) is 5.91 Å². The quantitative estimate of drug-likeness (QED) is 0.207. The van der Waals surface area contributed by atoms with Crippen molar-refractivity contribution in [2.24, 2.45) is 11.3 Å². The van der Waals surface area contributed by atoms with E-state index < -0.39 is 47.3 Å². The van der Waals surface area contributed by atoms with E-state index in [-0.39, 0.29) is 61.4 Å². The van der Waals surface area contributed by atoms with Gasteiger partial charge < -0.3 is 35.6 Å². The second-order valence-electron chi connectivity index (χ2n) is 12.3. The van der Waals surface area contributed by atoms with Crippen LogP contribution in [0.15, 0.2) is 48.7 Å². The van der Waals surface area contributed by atoms with Crippen molar-refractivity contribution in [2.75, 3.05) is 33.3 Å². The molecule has 10 nitrogen and oxygen atoms in total. The van der Waals surface area contributed by atoms with Gasteiger partial charge in [-0.15, -0.1) is 0 Å². The van der Waals surface area contributed by atoms with Gasteiger partial charge in [-0.25, -0.2) is 22.9 Å². The summed E-state index contributed by atoms with van der Waals surface area (Å²) in [5, 5.41) is 28.2. The molecule has 4 atom stereocenters. The number of urea groups is 1. The molecule has 0 aliphatic carbocycles. The van der Waals surface area contributed by atoms with E-state index in [4.69, 9.17) is 4.98 Å². The molecular weight excluding hydrogens is 589 g/mol. The van der Waals surface area contributed by atoms with Gasteiger partial charge in [-0.1, -0.05) is 26.0 Å². The first-order valence-electron chi connectivity index (χ1n) is 14.9. The molecule has 0 radical (unpaired) electrons. The molecule has 0 saturated carbocycles. The number of amides is 3. The minimum absolute atomic E-state index is 0.0174. The Kier molecular flexibility index (Phi) is 10.8. The lowest BCUT2D eigenvalue weighted by Crippen LogP contribution is -2.53. The molecule has 1 aromatic heterocycles. The van der Waals surface area contributed by atoms with Crippen LogP contribution in [0, 0.1) is 23.0 Å². The molecule has 5 N–H and O–H groups in total. The van der Waals surface area contributed by atoms with Crippen molar-refractivity contribution >= 4 is 11.9 Å². The van der Waals surface area contributed by atoms with Crippen molar-refractivity contribution in [3.63, 3.8) is 0 Å². The van der Waals surface area contributed by atoms with Crippen LogP contribution < -0.4 is 16.0 Å². The summed E-state index contributed by atoms with van der Waals surface area (Å²) >= 11 is 0.